The molecule has 0 saturated heterocycles. The summed E-state index contributed by atoms with van der Waals surface area (Å²) in [6, 6.07) is 0. The molecule has 0 fully saturated rings. The van der Waals surface area contributed by atoms with E-state index in [4.69, 9.17) is 11.6 Å². The zero-order valence-corrected chi connectivity index (χ0v) is 33.4. The van der Waals surface area contributed by atoms with Gasteiger partial charge in [-0.15, -0.1) is 0 Å². The van der Waals surface area contributed by atoms with Gasteiger partial charge in [0, 0.05) is 13.1 Å². The molecule has 50 heavy (non-hydrogen) atoms. The number of nitrogens with zero attached hydrogens (tertiary/aromatic N) is 3. The summed E-state index contributed by atoms with van der Waals surface area (Å²) >= 11 is 6.31. The second kappa shape index (κ2) is 31.8. The van der Waals surface area contributed by atoms with Gasteiger partial charge < -0.3 is 15.6 Å². The summed E-state index contributed by atoms with van der Waals surface area (Å²) < 4.78 is 0. The first-order valence-corrected chi connectivity index (χ1v) is 22.0. The molecule has 8 heteroatoms. The highest BCUT2D eigenvalue weighted by Crippen LogP contribution is 2.24. The lowest BCUT2D eigenvalue weighted by Crippen LogP contribution is -2.17. The number of H-pyrrole nitrogens is 1. The fourth-order valence-corrected chi connectivity index (χ4v) is 7.19. The lowest BCUT2D eigenvalue weighted by Gasteiger charge is -2.12. The van der Waals surface area contributed by atoms with Crippen molar-refractivity contribution < 1.29 is 0 Å². The summed E-state index contributed by atoms with van der Waals surface area (Å²) in [6.45, 7) is 6.11. The maximum absolute atomic E-state index is 12.4. The van der Waals surface area contributed by atoms with E-state index in [1.165, 1.54) is 193 Å². The van der Waals surface area contributed by atoms with Crippen LogP contribution in [0, 0.1) is 0 Å². The van der Waals surface area contributed by atoms with Crippen molar-refractivity contribution in [1.82, 2.24) is 19.9 Å². The summed E-state index contributed by atoms with van der Waals surface area (Å²) in [5, 5.41) is 6.91. The highest BCUT2D eigenvalue weighted by atomic mass is 35.5. The van der Waals surface area contributed by atoms with E-state index >= 15 is 0 Å². The van der Waals surface area contributed by atoms with Gasteiger partial charge in [-0.1, -0.05) is 206 Å². The molecular formula is C42H77ClN6O. The molecule has 2 aromatic rings. The molecule has 288 valence electrons. The number of aromatic nitrogens is 4. The number of hydrogen-bond donors (Lipinski definition) is 3. The van der Waals surface area contributed by atoms with Gasteiger partial charge in [-0.25, -0.2) is 9.78 Å². The third-order valence-electron chi connectivity index (χ3n) is 10.2. The molecule has 7 nitrogen and oxygen atoms in total. The summed E-state index contributed by atoms with van der Waals surface area (Å²) in [5.74, 6) is 1.06. The molecule has 0 aliphatic rings. The van der Waals surface area contributed by atoms with Crippen molar-refractivity contribution in [3.63, 3.8) is 0 Å². The van der Waals surface area contributed by atoms with Gasteiger partial charge in [-0.05, 0) is 24.4 Å². The molecule has 2 heterocycles. The monoisotopic (exact) mass is 717 g/mol. The van der Waals surface area contributed by atoms with E-state index in [-0.39, 0.29) is 5.28 Å². The first-order chi connectivity index (χ1) is 24.7. The Balaban J connectivity index is 1.52. The lowest BCUT2D eigenvalue weighted by molar-refractivity contribution is 0.530. The van der Waals surface area contributed by atoms with Crippen LogP contribution in [0.4, 0.5) is 11.6 Å². The van der Waals surface area contributed by atoms with E-state index in [0.717, 1.165) is 25.9 Å². The van der Waals surface area contributed by atoms with Crippen molar-refractivity contribution in [2.75, 3.05) is 23.7 Å². The Morgan fingerprint density at radius 1 is 0.440 bits per heavy atom. The minimum atomic E-state index is -0.400. The minimum absolute atomic E-state index is 0.159. The molecular weight excluding hydrogens is 640 g/mol. The van der Waals surface area contributed by atoms with Gasteiger partial charge in [0.25, 0.3) is 0 Å². The van der Waals surface area contributed by atoms with Crippen molar-refractivity contribution in [1.29, 1.82) is 0 Å². The van der Waals surface area contributed by atoms with E-state index in [9.17, 15) is 4.79 Å². The zero-order chi connectivity index (χ0) is 35.7. The summed E-state index contributed by atoms with van der Waals surface area (Å²) in [7, 11) is 0. The molecule has 0 bridgehead atoms. The second-order valence-electron chi connectivity index (χ2n) is 14.9. The molecule has 0 aliphatic carbocycles. The summed E-state index contributed by atoms with van der Waals surface area (Å²) in [4.78, 5) is 28.3. The largest absolute Gasteiger partial charge is 0.368 e. The first-order valence-electron chi connectivity index (χ1n) is 21.6. The molecule has 0 spiro atoms. The van der Waals surface area contributed by atoms with Crippen LogP contribution in [0.5, 0.6) is 0 Å². The van der Waals surface area contributed by atoms with Crippen LogP contribution < -0.4 is 16.3 Å². The molecule has 2 rings (SSSR count). The van der Waals surface area contributed by atoms with E-state index in [1.807, 2.05) is 0 Å². The topological polar surface area (TPSA) is 95.6 Å². The Morgan fingerprint density at radius 3 is 1.12 bits per heavy atom. The van der Waals surface area contributed by atoms with Crippen molar-refractivity contribution in [2.24, 2.45) is 0 Å². The van der Waals surface area contributed by atoms with Crippen LogP contribution >= 0.6 is 11.6 Å². The number of fused-ring (bicyclic) bond motifs is 1. The predicted molar refractivity (Wildman–Crippen MR) is 219 cm³/mol. The number of aromatic amines is 1. The molecule has 0 aromatic carbocycles. The quantitative estimate of drug-likeness (QED) is 0.0480. The molecule has 0 atom stereocenters. The number of hydrogen-bond acceptors (Lipinski definition) is 6. The van der Waals surface area contributed by atoms with Crippen molar-refractivity contribution >= 4 is 34.3 Å². The van der Waals surface area contributed by atoms with Gasteiger partial charge in [0.2, 0.25) is 5.28 Å². The Labute approximate surface area is 312 Å². The van der Waals surface area contributed by atoms with Crippen LogP contribution in [0.25, 0.3) is 11.0 Å². The smallest absolute Gasteiger partial charge is 0.347 e. The molecule has 0 amide bonds. The number of anilines is 2. The summed E-state index contributed by atoms with van der Waals surface area (Å²) in [5.41, 5.74) is 0.735. The van der Waals surface area contributed by atoms with E-state index in [1.54, 1.807) is 0 Å². The van der Waals surface area contributed by atoms with Crippen LogP contribution in [0.1, 0.15) is 219 Å². The Hall–Kier alpha value is -1.89. The fraction of sp³-hybridized carbons (Fsp3) is 0.857. The fourth-order valence-electron chi connectivity index (χ4n) is 7.02. The molecule has 0 saturated carbocycles. The third kappa shape index (κ3) is 22.8. The highest BCUT2D eigenvalue weighted by molar-refractivity contribution is 6.29. The first kappa shape index (κ1) is 44.3. The van der Waals surface area contributed by atoms with Crippen LogP contribution in [-0.2, 0) is 0 Å². The van der Waals surface area contributed by atoms with E-state index in [2.05, 4.69) is 44.4 Å². The molecule has 0 unspecified atom stereocenters. The Morgan fingerprint density at radius 2 is 0.760 bits per heavy atom. The van der Waals surface area contributed by atoms with Gasteiger partial charge in [0.1, 0.15) is 11.0 Å². The zero-order valence-electron chi connectivity index (χ0n) is 32.7. The van der Waals surface area contributed by atoms with Crippen LogP contribution in [0.15, 0.2) is 4.79 Å². The van der Waals surface area contributed by atoms with Crippen molar-refractivity contribution in [2.45, 2.75) is 219 Å². The van der Waals surface area contributed by atoms with Crippen LogP contribution in [-0.4, -0.2) is 33.0 Å². The average molecular weight is 718 g/mol. The van der Waals surface area contributed by atoms with E-state index < -0.39 is 5.69 Å². The van der Waals surface area contributed by atoms with Gasteiger partial charge >= 0.3 is 5.69 Å². The van der Waals surface area contributed by atoms with Gasteiger partial charge in [-0.3, -0.25) is 0 Å². The molecule has 0 aliphatic heterocycles. The molecule has 2 aromatic heterocycles. The van der Waals surface area contributed by atoms with E-state index in [0.29, 0.717) is 22.7 Å². The van der Waals surface area contributed by atoms with Gasteiger partial charge in [-0.2, -0.15) is 9.97 Å². The molecule has 0 radical (unpaired) electrons. The lowest BCUT2D eigenvalue weighted by atomic mass is 10.0. The highest BCUT2D eigenvalue weighted by Gasteiger charge is 2.13. The van der Waals surface area contributed by atoms with Gasteiger partial charge in [0.05, 0.1) is 0 Å². The second-order valence-corrected chi connectivity index (χ2v) is 15.3. The number of rotatable bonds is 36. The number of unbranched alkanes of at least 4 members (excludes halogenated alkanes) is 30. The number of halogens is 1. The standard InChI is InChI=1S/C42H77ClN6O/c1-3-5-7-9-11-13-15-17-19-21-23-25-27-29-31-33-35-44-39-38-37(46-41(43)48-39)40(49-42(50)47-38)45-36-34-32-30-28-26-24-22-20-18-16-14-12-10-8-6-4-2/h3-36H2,1-2H3,(H,44,46,48)(H2,45,47,49,50). The van der Waals surface area contributed by atoms with Gasteiger partial charge in [0.15, 0.2) is 11.6 Å². The summed E-state index contributed by atoms with van der Waals surface area (Å²) in [6.07, 6.45) is 43.2. The SMILES string of the molecule is CCCCCCCCCCCCCCCCCCNc1nc(=O)[nH]c2c(NCCCCCCCCCCCCCCCCCC)nc(Cl)nc12. The van der Waals surface area contributed by atoms with Crippen molar-refractivity contribution in [3.05, 3.63) is 15.8 Å². The average Bonchev–Trinajstić information content (AvgIpc) is 3.11. The maximum Gasteiger partial charge on any atom is 0.347 e. The van der Waals surface area contributed by atoms with Crippen LogP contribution in [0.2, 0.25) is 5.28 Å². The van der Waals surface area contributed by atoms with Crippen molar-refractivity contribution in [3.8, 4) is 0 Å². The minimum Gasteiger partial charge on any atom is -0.368 e. The Kier molecular flexibility index (Phi) is 28.2. The third-order valence-corrected chi connectivity index (χ3v) is 10.4. The number of nitrogens with one attached hydrogen (secondary N) is 3. The normalized spacial score (nSPS) is 11.5. The Bertz CT molecular complexity index is 1130. The maximum atomic E-state index is 12.4. The van der Waals surface area contributed by atoms with Crippen LogP contribution in [0.3, 0.4) is 0 Å². The predicted octanol–water partition coefficient (Wildman–Crippen LogP) is 13.7. The molecule has 3 N–H and O–H groups in total.